The van der Waals surface area contributed by atoms with Gasteiger partial charge in [-0.3, -0.25) is 4.79 Å². The number of hydrogen-bond acceptors (Lipinski definition) is 4. The van der Waals surface area contributed by atoms with E-state index in [-0.39, 0.29) is 18.0 Å². The molecule has 122 valence electrons. The summed E-state index contributed by atoms with van der Waals surface area (Å²) in [6.07, 6.45) is 0. The van der Waals surface area contributed by atoms with Crippen molar-refractivity contribution in [3.8, 4) is 17.0 Å². The van der Waals surface area contributed by atoms with Crippen LogP contribution in [0.4, 0.5) is 0 Å². The Morgan fingerprint density at radius 2 is 1.96 bits per heavy atom. The Bertz CT molecular complexity index is 895. The van der Waals surface area contributed by atoms with Gasteiger partial charge in [-0.2, -0.15) is 15.4 Å². The SMILES string of the molecule is NC(=O)c1n[nH]nc1-c1cc(Cl)ccc1OCc1ccccc1Cl. The number of rotatable bonds is 5. The summed E-state index contributed by atoms with van der Waals surface area (Å²) in [5, 5.41) is 11.2. The number of aromatic amines is 1. The van der Waals surface area contributed by atoms with Gasteiger partial charge in [-0.15, -0.1) is 0 Å². The van der Waals surface area contributed by atoms with Crippen molar-refractivity contribution in [2.45, 2.75) is 6.61 Å². The van der Waals surface area contributed by atoms with E-state index in [0.29, 0.717) is 21.4 Å². The van der Waals surface area contributed by atoms with E-state index < -0.39 is 5.91 Å². The van der Waals surface area contributed by atoms with Crippen molar-refractivity contribution in [2.24, 2.45) is 5.73 Å². The Morgan fingerprint density at radius 1 is 1.17 bits per heavy atom. The summed E-state index contributed by atoms with van der Waals surface area (Å²) in [6.45, 7) is 0.248. The van der Waals surface area contributed by atoms with Gasteiger partial charge in [-0.1, -0.05) is 41.4 Å². The molecule has 0 atom stereocenters. The van der Waals surface area contributed by atoms with Crippen molar-refractivity contribution < 1.29 is 9.53 Å². The second-order valence-electron chi connectivity index (χ2n) is 4.91. The van der Waals surface area contributed by atoms with E-state index in [4.69, 9.17) is 33.7 Å². The number of carbonyl (C=O) groups excluding carboxylic acids is 1. The second-order valence-corrected chi connectivity index (χ2v) is 5.75. The average molecular weight is 363 g/mol. The monoisotopic (exact) mass is 362 g/mol. The van der Waals surface area contributed by atoms with Crippen LogP contribution in [-0.2, 0) is 6.61 Å². The normalized spacial score (nSPS) is 10.6. The van der Waals surface area contributed by atoms with Crippen molar-refractivity contribution in [3.05, 3.63) is 63.8 Å². The summed E-state index contributed by atoms with van der Waals surface area (Å²) in [5.41, 5.74) is 6.95. The largest absolute Gasteiger partial charge is 0.488 e. The maximum Gasteiger partial charge on any atom is 0.271 e. The molecule has 0 aliphatic heterocycles. The van der Waals surface area contributed by atoms with Gasteiger partial charge in [0.1, 0.15) is 18.1 Å². The zero-order valence-electron chi connectivity index (χ0n) is 12.3. The first kappa shape index (κ1) is 16.3. The summed E-state index contributed by atoms with van der Waals surface area (Å²) < 4.78 is 5.84. The lowest BCUT2D eigenvalue weighted by Crippen LogP contribution is -2.13. The zero-order valence-corrected chi connectivity index (χ0v) is 13.8. The maximum absolute atomic E-state index is 11.5. The molecule has 1 amide bonds. The molecule has 0 spiro atoms. The highest BCUT2D eigenvalue weighted by atomic mass is 35.5. The van der Waals surface area contributed by atoms with Gasteiger partial charge in [0.05, 0.1) is 0 Å². The molecule has 0 fully saturated rings. The summed E-state index contributed by atoms with van der Waals surface area (Å²) in [4.78, 5) is 11.5. The summed E-state index contributed by atoms with van der Waals surface area (Å²) in [5.74, 6) is -0.216. The number of halogens is 2. The molecule has 3 N–H and O–H groups in total. The van der Waals surface area contributed by atoms with Crippen LogP contribution in [0.15, 0.2) is 42.5 Å². The molecule has 8 heteroatoms. The van der Waals surface area contributed by atoms with Crippen LogP contribution in [0.3, 0.4) is 0 Å². The number of nitrogens with two attached hydrogens (primary N) is 1. The highest BCUT2D eigenvalue weighted by Crippen LogP contribution is 2.33. The minimum atomic E-state index is -0.698. The van der Waals surface area contributed by atoms with Crippen LogP contribution in [0, 0.1) is 0 Å². The van der Waals surface area contributed by atoms with Gasteiger partial charge in [0, 0.05) is 21.2 Å². The van der Waals surface area contributed by atoms with Gasteiger partial charge < -0.3 is 10.5 Å². The van der Waals surface area contributed by atoms with Crippen LogP contribution in [0.25, 0.3) is 11.3 Å². The fraction of sp³-hybridized carbons (Fsp3) is 0.0625. The summed E-state index contributed by atoms with van der Waals surface area (Å²) in [6, 6.07) is 12.4. The Balaban J connectivity index is 1.96. The van der Waals surface area contributed by atoms with Gasteiger partial charge in [-0.25, -0.2) is 0 Å². The lowest BCUT2D eigenvalue weighted by molar-refractivity contribution is 0.0996. The molecule has 2 aromatic carbocycles. The number of benzene rings is 2. The Labute approximate surface area is 147 Å². The minimum absolute atomic E-state index is 0.0138. The molecule has 0 unspecified atom stereocenters. The Kier molecular flexibility index (Phi) is 4.69. The number of hydrogen-bond donors (Lipinski definition) is 2. The number of carbonyl (C=O) groups is 1. The molecule has 0 aliphatic carbocycles. The molecule has 24 heavy (non-hydrogen) atoms. The van der Waals surface area contributed by atoms with E-state index in [9.17, 15) is 4.79 Å². The van der Waals surface area contributed by atoms with E-state index in [2.05, 4.69) is 15.4 Å². The van der Waals surface area contributed by atoms with Crippen LogP contribution in [-0.4, -0.2) is 21.3 Å². The molecule has 1 aromatic heterocycles. The molecular formula is C16H12Cl2N4O2. The first-order valence-corrected chi connectivity index (χ1v) is 7.68. The topological polar surface area (TPSA) is 93.9 Å². The quantitative estimate of drug-likeness (QED) is 0.726. The number of nitrogens with one attached hydrogen (secondary N) is 1. The maximum atomic E-state index is 11.5. The lowest BCUT2D eigenvalue weighted by atomic mass is 10.1. The number of nitrogens with zero attached hydrogens (tertiary/aromatic N) is 2. The molecule has 0 radical (unpaired) electrons. The van der Waals surface area contributed by atoms with Gasteiger partial charge in [-0.05, 0) is 24.3 Å². The fourth-order valence-corrected chi connectivity index (χ4v) is 2.54. The number of H-pyrrole nitrogens is 1. The van der Waals surface area contributed by atoms with Crippen LogP contribution in [0.1, 0.15) is 16.1 Å². The van der Waals surface area contributed by atoms with E-state index in [1.54, 1.807) is 24.3 Å². The first-order valence-electron chi connectivity index (χ1n) is 6.93. The van der Waals surface area contributed by atoms with Crippen molar-refractivity contribution in [2.75, 3.05) is 0 Å². The molecule has 6 nitrogen and oxygen atoms in total. The zero-order chi connectivity index (χ0) is 17.1. The molecule has 1 heterocycles. The third kappa shape index (κ3) is 3.34. The summed E-state index contributed by atoms with van der Waals surface area (Å²) >= 11 is 12.2. The van der Waals surface area contributed by atoms with Gasteiger partial charge in [0.15, 0.2) is 5.69 Å². The van der Waals surface area contributed by atoms with E-state index >= 15 is 0 Å². The van der Waals surface area contributed by atoms with E-state index in [0.717, 1.165) is 5.56 Å². The number of ether oxygens (including phenoxy) is 1. The third-order valence-electron chi connectivity index (χ3n) is 3.32. The molecule has 3 aromatic rings. The first-order chi connectivity index (χ1) is 11.6. The summed E-state index contributed by atoms with van der Waals surface area (Å²) in [7, 11) is 0. The standard InChI is InChI=1S/C16H12Cl2N4O2/c17-10-5-6-13(24-8-9-3-1-2-4-12(9)18)11(7-10)14-15(16(19)23)21-22-20-14/h1-7H,8H2,(H2,19,23)(H,20,21,22). The third-order valence-corrected chi connectivity index (χ3v) is 3.92. The molecule has 0 bridgehead atoms. The number of aromatic nitrogens is 3. The van der Waals surface area contributed by atoms with Crippen LogP contribution in [0.2, 0.25) is 10.0 Å². The van der Waals surface area contributed by atoms with Gasteiger partial charge >= 0.3 is 0 Å². The van der Waals surface area contributed by atoms with Gasteiger partial charge in [0.2, 0.25) is 0 Å². The average Bonchev–Trinajstić information content (AvgIpc) is 3.04. The fourth-order valence-electron chi connectivity index (χ4n) is 2.17. The predicted octanol–water partition coefficient (Wildman–Crippen LogP) is 3.46. The van der Waals surface area contributed by atoms with Crippen molar-refractivity contribution in [3.63, 3.8) is 0 Å². The minimum Gasteiger partial charge on any atom is -0.488 e. The molecular weight excluding hydrogens is 351 g/mol. The van der Waals surface area contributed by atoms with E-state index in [1.165, 1.54) is 0 Å². The van der Waals surface area contributed by atoms with Crippen LogP contribution in [0.5, 0.6) is 5.75 Å². The molecule has 0 saturated heterocycles. The Morgan fingerprint density at radius 3 is 2.71 bits per heavy atom. The number of amides is 1. The molecule has 3 rings (SSSR count). The predicted molar refractivity (Wildman–Crippen MR) is 91.1 cm³/mol. The second kappa shape index (κ2) is 6.90. The smallest absolute Gasteiger partial charge is 0.271 e. The highest BCUT2D eigenvalue weighted by molar-refractivity contribution is 6.31. The van der Waals surface area contributed by atoms with Crippen LogP contribution >= 0.6 is 23.2 Å². The van der Waals surface area contributed by atoms with Crippen molar-refractivity contribution in [1.82, 2.24) is 15.4 Å². The van der Waals surface area contributed by atoms with Crippen LogP contribution < -0.4 is 10.5 Å². The Hall–Kier alpha value is -2.57. The van der Waals surface area contributed by atoms with E-state index in [1.807, 2.05) is 18.2 Å². The molecule has 0 saturated carbocycles. The van der Waals surface area contributed by atoms with Crippen molar-refractivity contribution >= 4 is 29.1 Å². The highest BCUT2D eigenvalue weighted by Gasteiger charge is 2.19. The molecule has 0 aliphatic rings. The van der Waals surface area contributed by atoms with Crippen molar-refractivity contribution in [1.29, 1.82) is 0 Å². The van der Waals surface area contributed by atoms with Gasteiger partial charge in [0.25, 0.3) is 5.91 Å². The lowest BCUT2D eigenvalue weighted by Gasteiger charge is -2.12. The number of primary amides is 1.